The highest BCUT2D eigenvalue weighted by molar-refractivity contribution is 9.11. The Morgan fingerprint density at radius 3 is 2.76 bits per heavy atom. The largest absolute Gasteiger partial charge is 0.481 e. The molecule has 1 aromatic heterocycles. The van der Waals surface area contributed by atoms with E-state index in [0.717, 1.165) is 21.1 Å². The van der Waals surface area contributed by atoms with Crippen LogP contribution in [0.15, 0.2) is 15.2 Å². The Morgan fingerprint density at radius 1 is 1.53 bits per heavy atom. The summed E-state index contributed by atoms with van der Waals surface area (Å²) in [6.45, 7) is 0.550. The van der Waals surface area contributed by atoms with Crippen LogP contribution in [0.4, 0.5) is 0 Å². The summed E-state index contributed by atoms with van der Waals surface area (Å²) < 4.78 is 1.04. The topological polar surface area (TPSA) is 57.6 Å². The normalized spacial score (nSPS) is 10.2. The lowest BCUT2D eigenvalue weighted by Gasteiger charge is -2.15. The molecule has 0 aliphatic heterocycles. The van der Waals surface area contributed by atoms with Crippen LogP contribution in [0.2, 0.25) is 0 Å². The lowest BCUT2D eigenvalue weighted by molar-refractivity contribution is -0.133. The van der Waals surface area contributed by atoms with Crippen molar-refractivity contribution in [1.29, 1.82) is 0 Å². The fourth-order valence-electron chi connectivity index (χ4n) is 1.13. The van der Waals surface area contributed by atoms with E-state index >= 15 is 0 Å². The van der Waals surface area contributed by atoms with Crippen molar-refractivity contribution in [2.45, 2.75) is 6.54 Å². The molecular formula is C10H12BrNO3S2. The van der Waals surface area contributed by atoms with Gasteiger partial charge in [0.1, 0.15) is 0 Å². The van der Waals surface area contributed by atoms with E-state index in [-0.39, 0.29) is 17.4 Å². The van der Waals surface area contributed by atoms with Crippen molar-refractivity contribution in [3.8, 4) is 0 Å². The van der Waals surface area contributed by atoms with Crippen molar-refractivity contribution in [2.24, 2.45) is 0 Å². The van der Waals surface area contributed by atoms with Crippen LogP contribution in [0.5, 0.6) is 0 Å². The Bertz CT molecular complexity index is 408. The summed E-state index contributed by atoms with van der Waals surface area (Å²) in [5, 5.41) is 10.4. The van der Waals surface area contributed by atoms with Gasteiger partial charge in [-0.3, -0.25) is 9.59 Å². The minimum Gasteiger partial charge on any atom is -0.481 e. The van der Waals surface area contributed by atoms with Gasteiger partial charge in [-0.05, 0) is 32.9 Å². The lowest BCUT2D eigenvalue weighted by atomic mass is 10.3. The summed E-state index contributed by atoms with van der Waals surface area (Å²) in [6.07, 6.45) is 0. The number of hydrogen-bond acceptors (Lipinski definition) is 4. The molecule has 1 heterocycles. The summed E-state index contributed by atoms with van der Waals surface area (Å²) in [5.41, 5.74) is 1.07. The van der Waals surface area contributed by atoms with Crippen molar-refractivity contribution < 1.29 is 14.7 Å². The highest BCUT2D eigenvalue weighted by atomic mass is 79.9. The van der Waals surface area contributed by atoms with E-state index in [1.54, 1.807) is 23.3 Å². The summed E-state index contributed by atoms with van der Waals surface area (Å²) in [7, 11) is 1.72. The number of thioether (sulfide) groups is 1. The van der Waals surface area contributed by atoms with Crippen molar-refractivity contribution in [3.05, 3.63) is 20.8 Å². The molecular weight excluding hydrogens is 326 g/mol. The van der Waals surface area contributed by atoms with Gasteiger partial charge in [0.2, 0.25) is 5.91 Å². The maximum atomic E-state index is 11.6. The fourth-order valence-corrected chi connectivity index (χ4v) is 3.00. The van der Waals surface area contributed by atoms with Gasteiger partial charge in [0.05, 0.1) is 15.3 Å². The molecule has 0 saturated carbocycles. The Hall–Kier alpha value is -0.530. The van der Waals surface area contributed by atoms with Gasteiger partial charge in [0.25, 0.3) is 0 Å². The maximum absolute atomic E-state index is 11.6. The highest BCUT2D eigenvalue weighted by Crippen LogP contribution is 2.21. The van der Waals surface area contributed by atoms with Gasteiger partial charge in [-0.1, -0.05) is 0 Å². The number of carbonyl (C=O) groups excluding carboxylic acids is 1. The standard InChI is InChI=1S/C10H12BrNO3S2/c1-12(3-7-2-8(11)17-4-7)9(13)5-16-6-10(14)15/h2,4H,3,5-6H2,1H3,(H,14,15). The van der Waals surface area contributed by atoms with Crippen LogP contribution in [0, 0.1) is 0 Å². The molecule has 0 aliphatic carbocycles. The molecule has 7 heteroatoms. The number of thiophene rings is 1. The molecule has 0 spiro atoms. The zero-order valence-corrected chi connectivity index (χ0v) is 12.4. The fraction of sp³-hybridized carbons (Fsp3) is 0.400. The number of amides is 1. The van der Waals surface area contributed by atoms with Crippen molar-refractivity contribution >= 4 is 50.9 Å². The Labute approximate surface area is 116 Å². The van der Waals surface area contributed by atoms with E-state index in [9.17, 15) is 9.59 Å². The highest BCUT2D eigenvalue weighted by Gasteiger charge is 2.11. The van der Waals surface area contributed by atoms with Crippen LogP contribution >= 0.6 is 39.0 Å². The molecule has 94 valence electrons. The van der Waals surface area contributed by atoms with Gasteiger partial charge >= 0.3 is 5.97 Å². The summed E-state index contributed by atoms with van der Waals surface area (Å²) in [5.74, 6) is -0.789. The van der Waals surface area contributed by atoms with E-state index in [0.29, 0.717) is 6.54 Å². The minimum absolute atomic E-state index is 0.0381. The van der Waals surface area contributed by atoms with E-state index in [1.165, 1.54) is 0 Å². The van der Waals surface area contributed by atoms with E-state index < -0.39 is 5.97 Å². The van der Waals surface area contributed by atoms with Crippen LogP contribution in [0.1, 0.15) is 5.56 Å². The Balaban J connectivity index is 2.34. The van der Waals surface area contributed by atoms with E-state index in [2.05, 4.69) is 15.9 Å². The minimum atomic E-state index is -0.896. The molecule has 1 amide bonds. The Kier molecular flexibility index (Phi) is 6.01. The van der Waals surface area contributed by atoms with Crippen LogP contribution in [-0.4, -0.2) is 40.4 Å². The van der Waals surface area contributed by atoms with Crippen molar-refractivity contribution in [1.82, 2.24) is 4.90 Å². The van der Waals surface area contributed by atoms with Gasteiger partial charge in [0, 0.05) is 13.6 Å². The first-order chi connectivity index (χ1) is 7.99. The predicted octanol–water partition coefficient (Wildman–Crippen LogP) is 2.29. The number of halogens is 1. The maximum Gasteiger partial charge on any atom is 0.313 e. The summed E-state index contributed by atoms with van der Waals surface area (Å²) in [4.78, 5) is 23.5. The molecule has 1 rings (SSSR count). The molecule has 0 bridgehead atoms. The molecule has 1 aromatic rings. The van der Waals surface area contributed by atoms with Gasteiger partial charge in [-0.2, -0.15) is 0 Å². The molecule has 0 atom stereocenters. The summed E-state index contributed by atoms with van der Waals surface area (Å²) in [6, 6.07) is 1.97. The van der Waals surface area contributed by atoms with Crippen LogP contribution in [0.25, 0.3) is 0 Å². The average molecular weight is 338 g/mol. The predicted molar refractivity (Wildman–Crippen MR) is 73.5 cm³/mol. The average Bonchev–Trinajstić information content (AvgIpc) is 2.63. The molecule has 0 aromatic carbocycles. The van der Waals surface area contributed by atoms with Crippen molar-refractivity contribution in [3.63, 3.8) is 0 Å². The van der Waals surface area contributed by atoms with E-state index in [1.807, 2.05) is 11.4 Å². The number of aliphatic carboxylic acids is 1. The SMILES string of the molecule is CN(Cc1csc(Br)c1)C(=O)CSCC(=O)O. The first-order valence-corrected chi connectivity index (χ1v) is 7.58. The number of hydrogen-bond donors (Lipinski definition) is 1. The number of carboxylic acids is 1. The molecule has 17 heavy (non-hydrogen) atoms. The monoisotopic (exact) mass is 337 g/mol. The molecule has 0 radical (unpaired) electrons. The second-order valence-electron chi connectivity index (χ2n) is 3.40. The first-order valence-electron chi connectivity index (χ1n) is 4.75. The van der Waals surface area contributed by atoms with Gasteiger partial charge < -0.3 is 10.0 Å². The van der Waals surface area contributed by atoms with Crippen LogP contribution in [-0.2, 0) is 16.1 Å². The third-order valence-corrected chi connectivity index (χ3v) is 4.37. The number of nitrogens with zero attached hydrogens (tertiary/aromatic N) is 1. The number of rotatable bonds is 6. The Morgan fingerprint density at radius 2 is 2.24 bits per heavy atom. The molecule has 0 saturated heterocycles. The van der Waals surface area contributed by atoms with E-state index in [4.69, 9.17) is 5.11 Å². The van der Waals surface area contributed by atoms with Gasteiger partial charge in [-0.25, -0.2) is 0 Å². The third-order valence-electron chi connectivity index (χ3n) is 1.92. The smallest absolute Gasteiger partial charge is 0.313 e. The lowest BCUT2D eigenvalue weighted by Crippen LogP contribution is -2.28. The van der Waals surface area contributed by atoms with Crippen LogP contribution in [0.3, 0.4) is 0 Å². The molecule has 0 fully saturated rings. The molecule has 0 aliphatic rings. The zero-order valence-electron chi connectivity index (χ0n) is 9.18. The van der Waals surface area contributed by atoms with Crippen molar-refractivity contribution in [2.75, 3.05) is 18.6 Å². The summed E-state index contributed by atoms with van der Waals surface area (Å²) >= 11 is 6.05. The molecule has 1 N–H and O–H groups in total. The number of carbonyl (C=O) groups is 2. The first kappa shape index (κ1) is 14.5. The molecule has 0 unspecified atom stereocenters. The third kappa shape index (κ3) is 5.56. The van der Waals surface area contributed by atoms with Crippen LogP contribution < -0.4 is 0 Å². The van der Waals surface area contributed by atoms with Gasteiger partial charge in [0.15, 0.2) is 0 Å². The second kappa shape index (κ2) is 7.03. The second-order valence-corrected chi connectivity index (χ2v) is 6.67. The van der Waals surface area contributed by atoms with Gasteiger partial charge in [-0.15, -0.1) is 23.1 Å². The zero-order chi connectivity index (χ0) is 12.8. The number of carboxylic acid groups (broad SMARTS) is 1. The molecule has 4 nitrogen and oxygen atoms in total. The quantitative estimate of drug-likeness (QED) is 0.865.